The van der Waals surface area contributed by atoms with Crippen LogP contribution in [0.3, 0.4) is 0 Å². The molecule has 210 valence electrons. The van der Waals surface area contributed by atoms with Gasteiger partial charge in [0.05, 0.1) is 24.1 Å². The molecule has 8 nitrogen and oxygen atoms in total. The lowest BCUT2D eigenvalue weighted by Crippen LogP contribution is -2.43. The van der Waals surface area contributed by atoms with Crippen molar-refractivity contribution in [3.63, 3.8) is 0 Å². The third-order valence-electron chi connectivity index (χ3n) is 6.90. The number of amides is 2. The number of anilines is 1. The van der Waals surface area contributed by atoms with E-state index in [1.54, 1.807) is 18.0 Å². The number of hydrogen-bond donors (Lipinski definition) is 1. The predicted octanol–water partition coefficient (Wildman–Crippen LogP) is 5.46. The first-order valence-corrected chi connectivity index (χ1v) is 15.0. The van der Waals surface area contributed by atoms with Crippen LogP contribution in [0.5, 0.6) is 0 Å². The highest BCUT2D eigenvalue weighted by Gasteiger charge is 2.28. The zero-order valence-electron chi connectivity index (χ0n) is 23.7. The molecule has 3 aromatic carbocycles. The van der Waals surface area contributed by atoms with Gasteiger partial charge in [-0.05, 0) is 32.4 Å². The number of sulfonamides is 1. The molecule has 9 heteroatoms. The van der Waals surface area contributed by atoms with Gasteiger partial charge in [0.2, 0.25) is 15.9 Å². The van der Waals surface area contributed by atoms with E-state index in [9.17, 15) is 18.0 Å². The lowest BCUT2D eigenvalue weighted by atomic mass is 9.98. The van der Waals surface area contributed by atoms with Crippen LogP contribution in [0, 0.1) is 6.92 Å². The highest BCUT2D eigenvalue weighted by molar-refractivity contribution is 7.92. The number of hydrogen-bond acceptors (Lipinski definition) is 5. The molecule has 1 N–H and O–H groups in total. The number of nitrogens with one attached hydrogen (secondary N) is 1. The molecule has 2 amide bonds. The average Bonchev–Trinajstić information content (AvgIpc) is 3.28. The number of rotatable bonds is 9. The van der Waals surface area contributed by atoms with Crippen LogP contribution in [0.25, 0.3) is 33.4 Å². The van der Waals surface area contributed by atoms with Gasteiger partial charge in [-0.25, -0.2) is 8.42 Å². The molecule has 0 atom stereocenters. The van der Waals surface area contributed by atoms with Crippen LogP contribution in [0.15, 0.2) is 71.1 Å². The van der Waals surface area contributed by atoms with Crippen molar-refractivity contribution in [2.45, 2.75) is 33.7 Å². The Kier molecular flexibility index (Phi) is 8.34. The van der Waals surface area contributed by atoms with E-state index in [0.29, 0.717) is 33.5 Å². The van der Waals surface area contributed by atoms with E-state index in [1.165, 1.54) is 11.2 Å². The van der Waals surface area contributed by atoms with Gasteiger partial charge in [0.1, 0.15) is 11.3 Å². The van der Waals surface area contributed by atoms with Gasteiger partial charge in [0, 0.05) is 49.1 Å². The van der Waals surface area contributed by atoms with E-state index >= 15 is 0 Å². The molecule has 0 aliphatic heterocycles. The van der Waals surface area contributed by atoms with Crippen molar-refractivity contribution >= 4 is 38.5 Å². The summed E-state index contributed by atoms with van der Waals surface area (Å²) in [7, 11) is -2.21. The number of furan rings is 1. The SMILES string of the molecule is CNC(=O)c1c(-c2ccc(C)cc2)oc2cc(N(CCN(C(C)=O)C(C)C)S(C)(=O)=O)c(-c3ccccc3)cc12. The number of carbonyl (C=O) groups is 2. The second-order valence-corrected chi connectivity index (χ2v) is 12.0. The molecule has 0 aliphatic rings. The number of aryl methyl sites for hydroxylation is 1. The lowest BCUT2D eigenvalue weighted by molar-refractivity contribution is -0.130. The Hall–Kier alpha value is -4.11. The number of carbonyl (C=O) groups excluding carboxylic acids is 2. The standard InChI is InChI=1S/C31H35N3O5S/c1-20(2)33(22(4)35)16-17-34(40(6,37)38)27-19-28-26(18-25(27)23-10-8-7-9-11-23)29(31(36)32-5)30(39-28)24-14-12-21(3)13-15-24/h7-15,18-20H,16-17H2,1-6H3,(H,32,36). The van der Waals surface area contributed by atoms with Crippen molar-refractivity contribution < 1.29 is 22.4 Å². The van der Waals surface area contributed by atoms with Gasteiger partial charge in [0.15, 0.2) is 0 Å². The van der Waals surface area contributed by atoms with Crippen molar-refractivity contribution in [1.82, 2.24) is 10.2 Å². The van der Waals surface area contributed by atoms with Crippen LogP contribution in [0.2, 0.25) is 0 Å². The maximum Gasteiger partial charge on any atom is 0.255 e. The highest BCUT2D eigenvalue weighted by Crippen LogP contribution is 2.41. The lowest BCUT2D eigenvalue weighted by Gasteiger charge is -2.30. The topological polar surface area (TPSA) is 99.9 Å². The molecule has 0 saturated carbocycles. The van der Waals surface area contributed by atoms with Gasteiger partial charge in [-0.15, -0.1) is 0 Å². The normalized spacial score (nSPS) is 11.6. The quantitative estimate of drug-likeness (QED) is 0.293. The van der Waals surface area contributed by atoms with Gasteiger partial charge in [-0.1, -0.05) is 60.2 Å². The van der Waals surface area contributed by atoms with Crippen LogP contribution >= 0.6 is 0 Å². The van der Waals surface area contributed by atoms with Gasteiger partial charge < -0.3 is 14.6 Å². The van der Waals surface area contributed by atoms with Gasteiger partial charge in [-0.2, -0.15) is 0 Å². The van der Waals surface area contributed by atoms with E-state index in [2.05, 4.69) is 5.32 Å². The summed E-state index contributed by atoms with van der Waals surface area (Å²) >= 11 is 0. The summed E-state index contributed by atoms with van der Waals surface area (Å²) in [6, 6.07) is 20.5. The second kappa shape index (κ2) is 11.6. The van der Waals surface area contributed by atoms with E-state index in [-0.39, 0.29) is 30.9 Å². The maximum absolute atomic E-state index is 13.2. The van der Waals surface area contributed by atoms with E-state index < -0.39 is 10.0 Å². The van der Waals surface area contributed by atoms with E-state index in [1.807, 2.05) is 81.4 Å². The molecule has 0 spiro atoms. The Balaban J connectivity index is 1.99. The Labute approximate surface area is 235 Å². The molecule has 0 bridgehead atoms. The summed E-state index contributed by atoms with van der Waals surface area (Å²) in [5.41, 5.74) is 4.36. The third kappa shape index (κ3) is 5.89. The van der Waals surface area contributed by atoms with Gasteiger partial charge in [-0.3, -0.25) is 13.9 Å². The molecule has 4 aromatic rings. The molecule has 0 saturated heterocycles. The van der Waals surface area contributed by atoms with Crippen LogP contribution in [0.4, 0.5) is 5.69 Å². The minimum Gasteiger partial charge on any atom is -0.455 e. The zero-order valence-corrected chi connectivity index (χ0v) is 24.5. The molecular formula is C31H35N3O5S. The summed E-state index contributed by atoms with van der Waals surface area (Å²) in [6.45, 7) is 7.50. The first-order valence-electron chi connectivity index (χ1n) is 13.1. The first-order chi connectivity index (χ1) is 18.9. The summed E-state index contributed by atoms with van der Waals surface area (Å²) in [6.07, 6.45) is 1.15. The minimum atomic E-state index is -3.77. The Bertz CT molecular complexity index is 1640. The van der Waals surface area contributed by atoms with Crippen LogP contribution in [0.1, 0.15) is 36.7 Å². The molecule has 40 heavy (non-hydrogen) atoms. The largest absolute Gasteiger partial charge is 0.455 e. The molecule has 0 fully saturated rings. The van der Waals surface area contributed by atoms with E-state index in [0.717, 1.165) is 22.9 Å². The van der Waals surface area contributed by atoms with Gasteiger partial charge >= 0.3 is 0 Å². The van der Waals surface area contributed by atoms with Gasteiger partial charge in [0.25, 0.3) is 5.91 Å². The fraction of sp³-hybridized carbons (Fsp3) is 0.290. The number of nitrogens with zero attached hydrogens (tertiary/aromatic N) is 2. The average molecular weight is 562 g/mol. The Morgan fingerprint density at radius 3 is 2.15 bits per heavy atom. The summed E-state index contributed by atoms with van der Waals surface area (Å²) < 4.78 is 34.0. The highest BCUT2D eigenvalue weighted by atomic mass is 32.2. The van der Waals surface area contributed by atoms with Crippen LogP contribution in [-0.2, 0) is 14.8 Å². The summed E-state index contributed by atoms with van der Waals surface area (Å²) in [5.74, 6) is -0.0414. The fourth-order valence-electron chi connectivity index (χ4n) is 4.89. The van der Waals surface area contributed by atoms with Crippen LogP contribution < -0.4 is 9.62 Å². The molecule has 4 rings (SSSR count). The van der Waals surface area contributed by atoms with Crippen molar-refractivity contribution in [1.29, 1.82) is 0 Å². The predicted molar refractivity (Wildman–Crippen MR) is 160 cm³/mol. The monoisotopic (exact) mass is 561 g/mol. The molecule has 0 aliphatic carbocycles. The van der Waals surface area contributed by atoms with Crippen molar-refractivity contribution in [3.8, 4) is 22.5 Å². The van der Waals surface area contributed by atoms with Crippen molar-refractivity contribution in [3.05, 3.63) is 77.9 Å². The smallest absolute Gasteiger partial charge is 0.255 e. The third-order valence-corrected chi connectivity index (χ3v) is 8.08. The maximum atomic E-state index is 13.2. The van der Waals surface area contributed by atoms with E-state index in [4.69, 9.17) is 4.42 Å². The molecule has 1 heterocycles. The molecular weight excluding hydrogens is 526 g/mol. The zero-order chi connectivity index (χ0) is 29.2. The molecule has 1 aromatic heterocycles. The minimum absolute atomic E-state index is 0.0514. The first kappa shape index (κ1) is 28.9. The fourth-order valence-corrected chi connectivity index (χ4v) is 5.81. The summed E-state index contributed by atoms with van der Waals surface area (Å²) in [5, 5.41) is 3.28. The summed E-state index contributed by atoms with van der Waals surface area (Å²) in [4.78, 5) is 27.0. The Morgan fingerprint density at radius 2 is 1.60 bits per heavy atom. The molecule has 0 unspecified atom stereocenters. The number of fused-ring (bicyclic) bond motifs is 1. The van der Waals surface area contributed by atoms with Crippen LogP contribution in [-0.4, -0.2) is 57.6 Å². The second-order valence-electron chi connectivity index (χ2n) is 10.1. The Morgan fingerprint density at radius 1 is 0.950 bits per heavy atom. The van der Waals surface area contributed by atoms with Crippen molar-refractivity contribution in [2.75, 3.05) is 30.7 Å². The number of benzene rings is 3. The van der Waals surface area contributed by atoms with Crippen molar-refractivity contribution in [2.24, 2.45) is 0 Å². The molecule has 0 radical (unpaired) electrons.